The van der Waals surface area contributed by atoms with Crippen LogP contribution in [0.2, 0.25) is 0 Å². The number of carbonyl (C=O) groups is 1. The Hall–Kier alpha value is -2.66. The Morgan fingerprint density at radius 1 is 1.21 bits per heavy atom. The van der Waals surface area contributed by atoms with E-state index < -0.39 is 5.97 Å². The number of carboxylic acids is 1. The van der Waals surface area contributed by atoms with E-state index in [-0.39, 0.29) is 6.42 Å². The molecule has 0 aliphatic heterocycles. The minimum Gasteiger partial charge on any atom is -0.494 e. The summed E-state index contributed by atoms with van der Waals surface area (Å²) in [6.07, 6.45) is 1.81. The number of nitrogens with zero attached hydrogens (tertiary/aromatic N) is 1. The topological polar surface area (TPSA) is 59.4 Å². The van der Waals surface area contributed by atoms with E-state index in [1.807, 2.05) is 61.5 Å². The first kappa shape index (κ1) is 16.2. The highest BCUT2D eigenvalue weighted by Crippen LogP contribution is 2.30. The van der Waals surface area contributed by atoms with Gasteiger partial charge in [-0.15, -0.1) is 11.3 Å². The summed E-state index contributed by atoms with van der Waals surface area (Å²) < 4.78 is 6.48. The molecule has 24 heavy (non-hydrogen) atoms. The van der Waals surface area contributed by atoms with Gasteiger partial charge in [-0.1, -0.05) is 24.3 Å². The van der Waals surface area contributed by atoms with E-state index in [2.05, 4.69) is 4.98 Å². The number of benzene rings is 2. The zero-order valence-corrected chi connectivity index (χ0v) is 14.0. The number of rotatable bonds is 6. The number of aliphatic carboxylic acids is 1. The fourth-order valence-electron chi connectivity index (χ4n) is 2.39. The highest BCUT2D eigenvalue weighted by Gasteiger charge is 2.12. The van der Waals surface area contributed by atoms with E-state index in [1.54, 1.807) is 0 Å². The van der Waals surface area contributed by atoms with Gasteiger partial charge >= 0.3 is 5.97 Å². The molecule has 4 nitrogen and oxygen atoms in total. The lowest BCUT2D eigenvalue weighted by Crippen LogP contribution is -1.97. The minimum absolute atomic E-state index is 0.0625. The van der Waals surface area contributed by atoms with Crippen LogP contribution in [0.25, 0.3) is 21.9 Å². The number of thiazole rings is 1. The number of para-hydroxylation sites is 1. The summed E-state index contributed by atoms with van der Waals surface area (Å²) in [6.45, 7) is 2.55. The van der Waals surface area contributed by atoms with Gasteiger partial charge in [-0.25, -0.2) is 4.98 Å². The van der Waals surface area contributed by atoms with Crippen molar-refractivity contribution < 1.29 is 14.6 Å². The Bertz CT molecular complexity index is 848. The van der Waals surface area contributed by atoms with E-state index in [0.717, 1.165) is 26.5 Å². The van der Waals surface area contributed by atoms with E-state index >= 15 is 0 Å². The van der Waals surface area contributed by atoms with Crippen molar-refractivity contribution in [2.75, 3.05) is 6.61 Å². The summed E-state index contributed by atoms with van der Waals surface area (Å²) in [6, 6.07) is 15.4. The Labute approximate surface area is 144 Å². The van der Waals surface area contributed by atoms with Gasteiger partial charge < -0.3 is 9.84 Å². The van der Waals surface area contributed by atoms with Gasteiger partial charge in [0.2, 0.25) is 0 Å². The van der Waals surface area contributed by atoms with Crippen LogP contribution in [0.5, 0.6) is 5.75 Å². The summed E-state index contributed by atoms with van der Waals surface area (Å²) in [5.41, 5.74) is 2.52. The summed E-state index contributed by atoms with van der Waals surface area (Å²) in [7, 11) is 0. The molecule has 0 aliphatic rings. The number of carboxylic acid groups (broad SMARTS) is 1. The SMILES string of the molecule is CCOc1ccc(/C=C(\CC(=O)O)c2nc3ccccc3s2)cc1. The second kappa shape index (κ2) is 7.27. The standard InChI is InChI=1S/C19H17NO3S/c1-2-23-15-9-7-13(8-10-15)11-14(12-18(21)22)19-20-16-5-3-4-6-17(16)24-19/h3-11H,2,12H2,1H3,(H,21,22)/b14-11+. The van der Waals surface area contributed by atoms with Crippen LogP contribution < -0.4 is 4.74 Å². The molecule has 2 aromatic carbocycles. The van der Waals surface area contributed by atoms with Gasteiger partial charge in [0.15, 0.2) is 0 Å². The van der Waals surface area contributed by atoms with Gasteiger partial charge in [-0.3, -0.25) is 4.79 Å². The summed E-state index contributed by atoms with van der Waals surface area (Å²) in [4.78, 5) is 15.8. The summed E-state index contributed by atoms with van der Waals surface area (Å²) >= 11 is 1.51. The first-order valence-electron chi connectivity index (χ1n) is 7.67. The van der Waals surface area contributed by atoms with Crippen molar-refractivity contribution in [1.82, 2.24) is 4.98 Å². The predicted molar refractivity (Wildman–Crippen MR) is 97.4 cm³/mol. The van der Waals surface area contributed by atoms with Gasteiger partial charge in [0.1, 0.15) is 10.8 Å². The molecule has 5 heteroatoms. The highest BCUT2D eigenvalue weighted by molar-refractivity contribution is 7.19. The van der Waals surface area contributed by atoms with Crippen LogP contribution in [0.1, 0.15) is 23.9 Å². The lowest BCUT2D eigenvalue weighted by Gasteiger charge is -2.04. The van der Waals surface area contributed by atoms with Crippen LogP contribution in [-0.2, 0) is 4.79 Å². The number of aromatic nitrogens is 1. The zero-order chi connectivity index (χ0) is 16.9. The van der Waals surface area contributed by atoms with E-state index in [9.17, 15) is 9.90 Å². The van der Waals surface area contributed by atoms with Crippen molar-refractivity contribution >= 4 is 39.2 Å². The minimum atomic E-state index is -0.869. The van der Waals surface area contributed by atoms with E-state index in [0.29, 0.717) is 12.2 Å². The molecule has 0 spiro atoms. The molecular weight excluding hydrogens is 322 g/mol. The maximum absolute atomic E-state index is 11.2. The molecule has 122 valence electrons. The third kappa shape index (κ3) is 3.81. The summed E-state index contributed by atoms with van der Waals surface area (Å²) in [5, 5.41) is 9.97. The molecule has 0 saturated carbocycles. The average molecular weight is 339 g/mol. The van der Waals surface area contributed by atoms with Crippen molar-refractivity contribution in [2.45, 2.75) is 13.3 Å². The largest absolute Gasteiger partial charge is 0.494 e. The third-order valence-corrected chi connectivity index (χ3v) is 4.55. The van der Waals surface area contributed by atoms with Crippen molar-refractivity contribution in [3.63, 3.8) is 0 Å². The quantitative estimate of drug-likeness (QED) is 0.706. The Balaban J connectivity index is 1.97. The molecule has 0 unspecified atom stereocenters. The number of fused-ring (bicyclic) bond motifs is 1. The summed E-state index contributed by atoms with van der Waals surface area (Å²) in [5.74, 6) is -0.0686. The van der Waals surface area contributed by atoms with Crippen LogP contribution in [0.3, 0.4) is 0 Å². The van der Waals surface area contributed by atoms with E-state index in [4.69, 9.17) is 4.74 Å². The zero-order valence-electron chi connectivity index (χ0n) is 13.2. The molecule has 1 heterocycles. The molecule has 0 amide bonds. The molecule has 1 N–H and O–H groups in total. The monoisotopic (exact) mass is 339 g/mol. The molecular formula is C19H17NO3S. The molecule has 1 aromatic heterocycles. The van der Waals surface area contributed by atoms with Gasteiger partial charge in [0.25, 0.3) is 0 Å². The molecule has 3 aromatic rings. The fraction of sp³-hybridized carbons (Fsp3) is 0.158. The van der Waals surface area contributed by atoms with Crippen molar-refractivity contribution in [2.24, 2.45) is 0 Å². The Kier molecular flexibility index (Phi) is 4.91. The van der Waals surface area contributed by atoms with Crippen molar-refractivity contribution in [1.29, 1.82) is 0 Å². The van der Waals surface area contributed by atoms with Crippen molar-refractivity contribution in [3.8, 4) is 5.75 Å². The number of ether oxygens (including phenoxy) is 1. The van der Waals surface area contributed by atoms with Gasteiger partial charge in [0.05, 0.1) is 23.2 Å². The molecule has 0 bridgehead atoms. The number of hydrogen-bond acceptors (Lipinski definition) is 4. The van der Waals surface area contributed by atoms with Crippen molar-refractivity contribution in [3.05, 3.63) is 59.1 Å². The lowest BCUT2D eigenvalue weighted by atomic mass is 10.1. The van der Waals surface area contributed by atoms with E-state index in [1.165, 1.54) is 11.3 Å². The van der Waals surface area contributed by atoms with Gasteiger partial charge in [0, 0.05) is 0 Å². The predicted octanol–water partition coefficient (Wildman–Crippen LogP) is 4.71. The first-order valence-corrected chi connectivity index (χ1v) is 8.48. The normalized spacial score (nSPS) is 11.6. The molecule has 0 fully saturated rings. The average Bonchev–Trinajstić information content (AvgIpc) is 3.00. The van der Waals surface area contributed by atoms with Crippen LogP contribution >= 0.6 is 11.3 Å². The third-order valence-electron chi connectivity index (χ3n) is 3.44. The first-order chi connectivity index (χ1) is 11.7. The highest BCUT2D eigenvalue weighted by atomic mass is 32.1. The molecule has 3 rings (SSSR count). The molecule has 0 radical (unpaired) electrons. The number of hydrogen-bond donors (Lipinski definition) is 1. The lowest BCUT2D eigenvalue weighted by molar-refractivity contribution is -0.135. The smallest absolute Gasteiger partial charge is 0.307 e. The van der Waals surface area contributed by atoms with Crippen LogP contribution in [0, 0.1) is 0 Å². The van der Waals surface area contributed by atoms with Gasteiger partial charge in [-0.05, 0) is 48.4 Å². The maximum Gasteiger partial charge on any atom is 0.307 e. The van der Waals surface area contributed by atoms with Crippen LogP contribution in [-0.4, -0.2) is 22.7 Å². The van der Waals surface area contributed by atoms with Crippen LogP contribution in [0.4, 0.5) is 0 Å². The molecule has 0 aliphatic carbocycles. The second-order valence-electron chi connectivity index (χ2n) is 5.23. The fourth-order valence-corrected chi connectivity index (χ4v) is 3.37. The van der Waals surface area contributed by atoms with Crippen LogP contribution in [0.15, 0.2) is 48.5 Å². The second-order valence-corrected chi connectivity index (χ2v) is 6.26. The molecule has 0 atom stereocenters. The Morgan fingerprint density at radius 2 is 1.96 bits per heavy atom. The Morgan fingerprint density at radius 3 is 2.62 bits per heavy atom. The van der Waals surface area contributed by atoms with Gasteiger partial charge in [-0.2, -0.15) is 0 Å². The molecule has 0 saturated heterocycles. The maximum atomic E-state index is 11.2.